The van der Waals surface area contributed by atoms with Crippen molar-refractivity contribution in [3.63, 3.8) is 0 Å². The molecule has 3 aromatic rings. The molecule has 216 valence electrons. The highest BCUT2D eigenvalue weighted by molar-refractivity contribution is 5.92. The molecular weight excluding hydrogens is 510 g/mol. The second kappa shape index (κ2) is 13.0. The molecule has 0 spiro atoms. The van der Waals surface area contributed by atoms with Crippen LogP contribution in [-0.2, 0) is 16.1 Å². The van der Waals surface area contributed by atoms with Gasteiger partial charge in [-0.05, 0) is 62.1 Å². The van der Waals surface area contributed by atoms with Gasteiger partial charge in [-0.2, -0.15) is 0 Å². The smallest absolute Gasteiger partial charge is 0.323 e. The minimum Gasteiger partial charge on any atom is -0.507 e. The maximum atomic E-state index is 13.1. The summed E-state index contributed by atoms with van der Waals surface area (Å²) >= 11 is 0. The van der Waals surface area contributed by atoms with Crippen LogP contribution in [0.2, 0.25) is 0 Å². The Morgan fingerprint density at radius 3 is 2.20 bits per heavy atom. The van der Waals surface area contributed by atoms with Gasteiger partial charge in [0, 0.05) is 24.3 Å². The number of likely N-dealkylation sites (N-methyl/N-ethyl adjacent to an activating group) is 1. The average Bonchev–Trinajstić information content (AvgIpc) is 3.33. The Morgan fingerprint density at radius 2 is 1.68 bits per heavy atom. The standard InChI is InChI=1S/C30H41N5O5/c1-17(2)22-14-23(24(36)15-25(22)39-8)27-32-33-28(29(37)31-19(5)6)35(27)21-12-10-20(11-13-21)16-34(7)26(18(3)4)30(38)40-9/h10-15,17-19,26,36H,16H2,1-9H3,(H,31,37)/t26-/m0/s1. The Kier molecular flexibility index (Phi) is 9.92. The minimum absolute atomic E-state index is 0.0356. The van der Waals surface area contributed by atoms with Gasteiger partial charge in [-0.1, -0.05) is 39.8 Å². The Morgan fingerprint density at radius 1 is 1.02 bits per heavy atom. The fourth-order valence-electron chi connectivity index (χ4n) is 4.79. The molecule has 1 aromatic heterocycles. The van der Waals surface area contributed by atoms with Gasteiger partial charge in [-0.3, -0.25) is 19.1 Å². The first-order valence-corrected chi connectivity index (χ1v) is 13.4. The second-order valence-corrected chi connectivity index (χ2v) is 10.9. The molecular formula is C30H41N5O5. The number of nitrogens with zero attached hydrogens (tertiary/aromatic N) is 4. The van der Waals surface area contributed by atoms with Crippen LogP contribution in [0.4, 0.5) is 0 Å². The van der Waals surface area contributed by atoms with Crippen molar-refractivity contribution in [1.29, 1.82) is 0 Å². The summed E-state index contributed by atoms with van der Waals surface area (Å²) in [5.41, 5.74) is 2.94. The number of hydrogen-bond acceptors (Lipinski definition) is 8. The number of ether oxygens (including phenoxy) is 2. The van der Waals surface area contributed by atoms with E-state index in [2.05, 4.69) is 15.5 Å². The first-order valence-electron chi connectivity index (χ1n) is 13.4. The van der Waals surface area contributed by atoms with Crippen LogP contribution in [0.5, 0.6) is 11.5 Å². The molecule has 10 nitrogen and oxygen atoms in total. The molecule has 2 N–H and O–H groups in total. The lowest BCUT2D eigenvalue weighted by atomic mass is 9.98. The summed E-state index contributed by atoms with van der Waals surface area (Å²) < 4.78 is 12.1. The van der Waals surface area contributed by atoms with E-state index in [4.69, 9.17) is 9.47 Å². The highest BCUT2D eigenvalue weighted by Crippen LogP contribution is 2.38. The van der Waals surface area contributed by atoms with Crippen molar-refractivity contribution in [3.8, 4) is 28.6 Å². The van der Waals surface area contributed by atoms with Gasteiger partial charge in [-0.15, -0.1) is 10.2 Å². The Bertz CT molecular complexity index is 1330. The van der Waals surface area contributed by atoms with Gasteiger partial charge in [0.05, 0.1) is 19.8 Å². The van der Waals surface area contributed by atoms with Crippen molar-refractivity contribution in [1.82, 2.24) is 25.0 Å². The van der Waals surface area contributed by atoms with E-state index in [1.165, 1.54) is 7.11 Å². The summed E-state index contributed by atoms with van der Waals surface area (Å²) in [6, 6.07) is 10.5. The summed E-state index contributed by atoms with van der Waals surface area (Å²) in [5.74, 6) is 0.492. The summed E-state index contributed by atoms with van der Waals surface area (Å²) in [7, 11) is 4.85. The lowest BCUT2D eigenvalue weighted by Crippen LogP contribution is -2.42. The van der Waals surface area contributed by atoms with E-state index in [0.717, 1.165) is 11.1 Å². The number of hydrogen-bond donors (Lipinski definition) is 2. The van der Waals surface area contributed by atoms with Gasteiger partial charge >= 0.3 is 5.97 Å². The van der Waals surface area contributed by atoms with Crippen LogP contribution >= 0.6 is 0 Å². The molecule has 0 bridgehead atoms. The van der Waals surface area contributed by atoms with Crippen molar-refractivity contribution in [2.45, 2.75) is 66.1 Å². The zero-order valence-electron chi connectivity index (χ0n) is 24.8. The van der Waals surface area contributed by atoms with Crippen LogP contribution in [0.1, 0.15) is 69.2 Å². The largest absolute Gasteiger partial charge is 0.507 e. The minimum atomic E-state index is -0.382. The number of esters is 1. The van der Waals surface area contributed by atoms with E-state index in [-0.39, 0.29) is 47.4 Å². The predicted octanol–water partition coefficient (Wildman–Crippen LogP) is 4.54. The maximum absolute atomic E-state index is 13.1. The number of phenols is 1. The number of methoxy groups -OCH3 is 2. The number of amides is 1. The predicted molar refractivity (Wildman–Crippen MR) is 154 cm³/mol. The molecule has 0 saturated heterocycles. The van der Waals surface area contributed by atoms with Gasteiger partial charge in [0.1, 0.15) is 17.5 Å². The van der Waals surface area contributed by atoms with Crippen molar-refractivity contribution < 1.29 is 24.2 Å². The number of nitrogens with one attached hydrogen (secondary N) is 1. The van der Waals surface area contributed by atoms with Gasteiger partial charge in [0.2, 0.25) is 5.82 Å². The third kappa shape index (κ3) is 6.62. The van der Waals surface area contributed by atoms with Crippen LogP contribution in [0.25, 0.3) is 17.1 Å². The van der Waals surface area contributed by atoms with Gasteiger partial charge in [0.25, 0.3) is 5.91 Å². The SMILES string of the molecule is COC(=O)[C@H](C(C)C)N(C)Cc1ccc(-n2c(C(=O)NC(C)C)nnc2-c2cc(C(C)C)c(OC)cc2O)cc1. The van der Waals surface area contributed by atoms with Gasteiger partial charge < -0.3 is 19.9 Å². The van der Waals surface area contributed by atoms with Crippen molar-refractivity contribution in [2.24, 2.45) is 5.92 Å². The van der Waals surface area contributed by atoms with Crippen molar-refractivity contribution in [2.75, 3.05) is 21.3 Å². The topological polar surface area (TPSA) is 119 Å². The first-order chi connectivity index (χ1) is 18.9. The first kappa shape index (κ1) is 30.6. The van der Waals surface area contributed by atoms with E-state index >= 15 is 0 Å². The molecule has 0 aliphatic heterocycles. The summed E-state index contributed by atoms with van der Waals surface area (Å²) in [4.78, 5) is 27.4. The molecule has 0 fully saturated rings. The van der Waals surface area contributed by atoms with E-state index in [0.29, 0.717) is 29.4 Å². The van der Waals surface area contributed by atoms with Crippen molar-refractivity contribution in [3.05, 3.63) is 53.3 Å². The fourth-order valence-corrected chi connectivity index (χ4v) is 4.79. The number of aromatic nitrogens is 3. The molecule has 1 atom stereocenters. The molecule has 3 rings (SSSR count). The lowest BCUT2D eigenvalue weighted by molar-refractivity contribution is -0.148. The molecule has 10 heteroatoms. The van der Waals surface area contributed by atoms with Crippen molar-refractivity contribution >= 4 is 11.9 Å². The van der Waals surface area contributed by atoms with E-state index < -0.39 is 0 Å². The number of carbonyl (C=O) groups excluding carboxylic acids is 2. The molecule has 0 aliphatic carbocycles. The maximum Gasteiger partial charge on any atom is 0.323 e. The van der Waals surface area contributed by atoms with Gasteiger partial charge in [-0.25, -0.2) is 0 Å². The molecule has 40 heavy (non-hydrogen) atoms. The van der Waals surface area contributed by atoms with E-state index in [9.17, 15) is 14.7 Å². The quantitative estimate of drug-likeness (QED) is 0.334. The molecule has 0 aliphatic rings. The van der Waals surface area contributed by atoms with Crippen LogP contribution < -0.4 is 10.1 Å². The Labute approximate surface area is 236 Å². The second-order valence-electron chi connectivity index (χ2n) is 10.9. The third-order valence-corrected chi connectivity index (χ3v) is 6.67. The van der Waals surface area contributed by atoms with E-state index in [1.807, 2.05) is 83.8 Å². The number of carbonyl (C=O) groups is 2. The molecule has 0 saturated carbocycles. The number of benzene rings is 2. The molecule has 1 amide bonds. The van der Waals surface area contributed by atoms with E-state index in [1.54, 1.807) is 17.7 Å². The number of phenolic OH excluding ortho intramolecular Hbond substituents is 1. The molecule has 0 radical (unpaired) electrons. The van der Waals surface area contributed by atoms with Crippen LogP contribution in [0.15, 0.2) is 36.4 Å². The molecule has 0 unspecified atom stereocenters. The van der Waals surface area contributed by atoms with Crippen LogP contribution in [-0.4, -0.2) is 70.0 Å². The number of aromatic hydroxyl groups is 1. The Balaban J connectivity index is 2.09. The Hall–Kier alpha value is -3.92. The summed E-state index contributed by atoms with van der Waals surface area (Å²) in [5, 5.41) is 22.4. The zero-order valence-corrected chi connectivity index (χ0v) is 24.8. The monoisotopic (exact) mass is 551 g/mol. The summed E-state index contributed by atoms with van der Waals surface area (Å²) in [6.45, 7) is 12.3. The lowest BCUT2D eigenvalue weighted by Gasteiger charge is -2.28. The van der Waals surface area contributed by atoms with Crippen LogP contribution in [0, 0.1) is 5.92 Å². The normalized spacial score (nSPS) is 12.3. The highest BCUT2D eigenvalue weighted by atomic mass is 16.5. The fraction of sp³-hybridized carbons (Fsp3) is 0.467. The van der Waals surface area contributed by atoms with Gasteiger partial charge in [0.15, 0.2) is 5.82 Å². The average molecular weight is 552 g/mol. The molecule has 1 heterocycles. The summed E-state index contributed by atoms with van der Waals surface area (Å²) in [6.07, 6.45) is 0. The third-order valence-electron chi connectivity index (χ3n) is 6.67. The zero-order chi connectivity index (χ0) is 29.7. The molecule has 2 aromatic carbocycles. The number of rotatable bonds is 11. The highest BCUT2D eigenvalue weighted by Gasteiger charge is 2.28. The van der Waals surface area contributed by atoms with Crippen LogP contribution in [0.3, 0.4) is 0 Å².